The zero-order chi connectivity index (χ0) is 27.4. The van der Waals surface area contributed by atoms with Gasteiger partial charge in [-0.05, 0) is 30.7 Å². The van der Waals surface area contributed by atoms with Crippen molar-refractivity contribution in [2.24, 2.45) is 0 Å². The molecule has 10 nitrogen and oxygen atoms in total. The molecule has 1 aliphatic heterocycles. The summed E-state index contributed by atoms with van der Waals surface area (Å²) >= 11 is 0. The van der Waals surface area contributed by atoms with Crippen molar-refractivity contribution in [2.45, 2.75) is 19.3 Å². The van der Waals surface area contributed by atoms with Gasteiger partial charge in [-0.1, -0.05) is 12.1 Å². The average molecular weight is 529 g/mol. The van der Waals surface area contributed by atoms with E-state index in [1.165, 1.54) is 44.6 Å². The van der Waals surface area contributed by atoms with Crippen molar-refractivity contribution in [3.8, 4) is 11.5 Å². The molecule has 1 aromatic heterocycles. The highest BCUT2D eigenvalue weighted by atomic mass is 19.1. The van der Waals surface area contributed by atoms with Crippen LogP contribution < -0.4 is 25.4 Å². The van der Waals surface area contributed by atoms with Crippen LogP contribution in [0.3, 0.4) is 0 Å². The van der Waals surface area contributed by atoms with Crippen molar-refractivity contribution >= 4 is 34.5 Å². The number of rotatable bonds is 8. The maximum absolute atomic E-state index is 15.1. The van der Waals surface area contributed by atoms with Crippen molar-refractivity contribution in [2.75, 3.05) is 57.6 Å². The van der Waals surface area contributed by atoms with Gasteiger partial charge in [-0.2, -0.15) is 4.98 Å². The van der Waals surface area contributed by atoms with Crippen LogP contribution in [0.1, 0.15) is 24.8 Å². The van der Waals surface area contributed by atoms with Gasteiger partial charge in [0.05, 0.1) is 20.1 Å². The third-order valence-electron chi connectivity index (χ3n) is 6.53. The minimum absolute atomic E-state index is 0.00716. The minimum atomic E-state index is -0.736. The molecule has 2 amide bonds. The number of carbonyl (C=O) groups is 2. The molecule has 3 N–H and O–H groups in total. The second-order valence-electron chi connectivity index (χ2n) is 8.80. The predicted octanol–water partition coefficient (Wildman–Crippen LogP) is 2.47. The number of halogens is 2. The fraction of sp³-hybridized carbons (Fsp3) is 0.385. The summed E-state index contributed by atoms with van der Waals surface area (Å²) in [6.07, 6.45) is -0.0519. The highest BCUT2D eigenvalue weighted by Gasteiger charge is 2.29. The van der Waals surface area contributed by atoms with Gasteiger partial charge < -0.3 is 30.3 Å². The van der Waals surface area contributed by atoms with Crippen LogP contribution in [0.25, 0.3) is 10.9 Å². The van der Waals surface area contributed by atoms with Crippen LogP contribution in [0.5, 0.6) is 11.5 Å². The maximum atomic E-state index is 15.1. The van der Waals surface area contributed by atoms with Crippen molar-refractivity contribution in [1.82, 2.24) is 20.2 Å². The highest BCUT2D eigenvalue weighted by Crippen LogP contribution is 2.37. The van der Waals surface area contributed by atoms with Gasteiger partial charge in [0.15, 0.2) is 17.3 Å². The molecule has 1 atom stereocenters. The number of amides is 2. The molecule has 0 spiro atoms. The van der Waals surface area contributed by atoms with Crippen LogP contribution in [0.4, 0.5) is 20.5 Å². The lowest BCUT2D eigenvalue weighted by Gasteiger charge is -2.35. The molecule has 38 heavy (non-hydrogen) atoms. The number of ether oxygens (including phenoxy) is 2. The Hall–Kier alpha value is -4.22. The molecule has 0 unspecified atom stereocenters. The third-order valence-corrected chi connectivity index (χ3v) is 6.53. The number of benzene rings is 2. The molecule has 3 aromatic rings. The molecule has 12 heteroatoms. The molecule has 1 fully saturated rings. The zero-order valence-corrected chi connectivity index (χ0v) is 21.5. The van der Waals surface area contributed by atoms with E-state index in [0.29, 0.717) is 43.7 Å². The Morgan fingerprint density at radius 3 is 2.37 bits per heavy atom. The van der Waals surface area contributed by atoms with Crippen LogP contribution in [-0.4, -0.2) is 73.6 Å². The van der Waals surface area contributed by atoms with Crippen molar-refractivity contribution in [3.63, 3.8) is 0 Å². The number of methoxy groups -OCH3 is 2. The van der Waals surface area contributed by atoms with Gasteiger partial charge >= 0.3 is 0 Å². The first-order valence-electron chi connectivity index (χ1n) is 12.2. The molecule has 0 saturated carbocycles. The number of nitrogen functional groups attached to an aromatic ring is 1. The van der Waals surface area contributed by atoms with Crippen LogP contribution in [0.15, 0.2) is 30.3 Å². The maximum Gasteiger partial charge on any atom is 0.228 e. The Labute approximate surface area is 218 Å². The summed E-state index contributed by atoms with van der Waals surface area (Å²) < 4.78 is 38.9. The number of likely N-dealkylation sites (N-methyl/N-ethyl adjacent to an activating group) is 1. The number of nitrogens with two attached hydrogens (primary N) is 1. The summed E-state index contributed by atoms with van der Waals surface area (Å²) in [6, 6.07) is 7.11. The Balaban J connectivity index is 1.49. The van der Waals surface area contributed by atoms with E-state index in [4.69, 9.17) is 15.2 Å². The predicted molar refractivity (Wildman–Crippen MR) is 138 cm³/mol. The van der Waals surface area contributed by atoms with E-state index >= 15 is 4.39 Å². The molecule has 202 valence electrons. The number of anilines is 2. The fourth-order valence-corrected chi connectivity index (χ4v) is 4.49. The molecular formula is C26H30F2N6O4. The first-order valence-corrected chi connectivity index (χ1v) is 12.2. The van der Waals surface area contributed by atoms with E-state index < -0.39 is 17.6 Å². The Kier molecular flexibility index (Phi) is 8.08. The number of fused-ring (bicyclic) bond motifs is 1. The van der Waals surface area contributed by atoms with Gasteiger partial charge in [0.2, 0.25) is 17.8 Å². The Morgan fingerprint density at radius 1 is 1.08 bits per heavy atom. The molecule has 1 aliphatic rings. The number of carbonyl (C=O) groups excluding carboxylic acids is 2. The molecular weight excluding hydrogens is 498 g/mol. The zero-order valence-electron chi connectivity index (χ0n) is 21.5. The normalized spacial score (nSPS) is 14.3. The van der Waals surface area contributed by atoms with E-state index in [0.717, 1.165) is 0 Å². The van der Waals surface area contributed by atoms with E-state index in [1.54, 1.807) is 11.8 Å². The lowest BCUT2D eigenvalue weighted by Crippen LogP contribution is -2.50. The summed E-state index contributed by atoms with van der Waals surface area (Å²) in [4.78, 5) is 38.0. The Bertz CT molecular complexity index is 1330. The van der Waals surface area contributed by atoms with E-state index in [1.807, 2.05) is 4.90 Å². The number of nitrogens with zero attached hydrogens (tertiary/aromatic N) is 4. The molecule has 0 radical (unpaired) electrons. The quantitative estimate of drug-likeness (QED) is 0.457. The smallest absolute Gasteiger partial charge is 0.228 e. The van der Waals surface area contributed by atoms with Gasteiger partial charge in [0.1, 0.15) is 17.2 Å². The summed E-state index contributed by atoms with van der Waals surface area (Å²) in [6.45, 7) is 3.67. The number of aromatic nitrogens is 2. The van der Waals surface area contributed by atoms with Crippen LogP contribution in [-0.2, 0) is 9.59 Å². The first-order chi connectivity index (χ1) is 18.3. The molecule has 4 rings (SSSR count). The van der Waals surface area contributed by atoms with Gasteiger partial charge in [-0.15, -0.1) is 0 Å². The van der Waals surface area contributed by atoms with Crippen LogP contribution in [0.2, 0.25) is 0 Å². The SMILES string of the molecule is CCNC(=O)[C@H](CC(=O)N1CCN(c2nc(N)c3cc(OC)c(OC)c(F)c3n2)CC1)c1ccc(F)cc1. The Morgan fingerprint density at radius 2 is 1.76 bits per heavy atom. The van der Waals surface area contributed by atoms with Crippen molar-refractivity contribution in [3.05, 3.63) is 47.5 Å². The van der Waals surface area contributed by atoms with Gasteiger partial charge in [-0.3, -0.25) is 9.59 Å². The second kappa shape index (κ2) is 11.4. The molecule has 0 bridgehead atoms. The van der Waals surface area contributed by atoms with E-state index in [2.05, 4.69) is 15.3 Å². The van der Waals surface area contributed by atoms with E-state index in [-0.39, 0.29) is 47.0 Å². The largest absolute Gasteiger partial charge is 0.493 e. The monoisotopic (exact) mass is 528 g/mol. The average Bonchev–Trinajstić information content (AvgIpc) is 2.92. The molecule has 2 aromatic carbocycles. The topological polar surface area (TPSA) is 123 Å². The minimum Gasteiger partial charge on any atom is -0.493 e. The fourth-order valence-electron chi connectivity index (χ4n) is 4.49. The van der Waals surface area contributed by atoms with Crippen LogP contribution in [0, 0.1) is 11.6 Å². The summed E-state index contributed by atoms with van der Waals surface area (Å²) in [5.74, 6) is -1.93. The summed E-state index contributed by atoms with van der Waals surface area (Å²) in [5, 5.41) is 3.05. The number of nitrogens with one attached hydrogen (secondary N) is 1. The summed E-state index contributed by atoms with van der Waals surface area (Å²) in [5.41, 5.74) is 6.70. The first kappa shape index (κ1) is 26.8. The third kappa shape index (κ3) is 5.38. The van der Waals surface area contributed by atoms with Crippen LogP contribution >= 0.6 is 0 Å². The highest BCUT2D eigenvalue weighted by molar-refractivity contribution is 5.92. The standard InChI is InChI=1S/C26H30F2N6O4/c1-4-30-25(36)17(15-5-7-16(27)8-6-15)14-20(35)33-9-11-34(12-10-33)26-31-22-18(24(29)32-26)13-19(37-2)23(38-3)21(22)28/h5-8,13,17H,4,9-12,14H2,1-3H3,(H,30,36)(H2,29,31,32)/t17-/m1/s1. The molecule has 2 heterocycles. The lowest BCUT2D eigenvalue weighted by molar-refractivity contribution is -0.134. The van der Waals surface area contributed by atoms with Crippen molar-refractivity contribution < 1.29 is 27.8 Å². The molecule has 1 saturated heterocycles. The number of piperazine rings is 1. The van der Waals surface area contributed by atoms with Crippen molar-refractivity contribution in [1.29, 1.82) is 0 Å². The summed E-state index contributed by atoms with van der Waals surface area (Å²) in [7, 11) is 2.73. The number of hydrogen-bond donors (Lipinski definition) is 2. The lowest BCUT2D eigenvalue weighted by atomic mass is 9.94. The number of hydrogen-bond acceptors (Lipinski definition) is 8. The van der Waals surface area contributed by atoms with Gasteiger partial charge in [0.25, 0.3) is 0 Å². The van der Waals surface area contributed by atoms with Gasteiger partial charge in [-0.25, -0.2) is 13.8 Å². The second-order valence-corrected chi connectivity index (χ2v) is 8.80. The van der Waals surface area contributed by atoms with Gasteiger partial charge in [0, 0.05) is 44.5 Å². The molecule has 0 aliphatic carbocycles. The van der Waals surface area contributed by atoms with E-state index in [9.17, 15) is 14.0 Å².